The zero-order valence-electron chi connectivity index (χ0n) is 11.7. The predicted octanol–water partition coefficient (Wildman–Crippen LogP) is 3.51. The quantitative estimate of drug-likeness (QED) is 0.878. The van der Waals surface area contributed by atoms with Crippen molar-refractivity contribution in [3.8, 4) is 0 Å². The Morgan fingerprint density at radius 3 is 2.70 bits per heavy atom. The summed E-state index contributed by atoms with van der Waals surface area (Å²) in [5, 5.41) is 3.12. The lowest BCUT2D eigenvalue weighted by molar-refractivity contribution is -0.122. The van der Waals surface area contributed by atoms with E-state index in [0.717, 1.165) is 5.52 Å². The molecule has 2 aromatic rings. The number of fused-ring (bicyclic) bond motifs is 1. The lowest BCUT2D eigenvalue weighted by atomic mass is 10.3. The van der Waals surface area contributed by atoms with E-state index in [0.29, 0.717) is 16.4 Å². The van der Waals surface area contributed by atoms with E-state index in [4.69, 9.17) is 23.2 Å². The Morgan fingerprint density at radius 1 is 1.40 bits per heavy atom. The Hall–Kier alpha value is -1.26. The first-order valence-electron chi connectivity index (χ1n) is 6.48. The third-order valence-electron chi connectivity index (χ3n) is 2.87. The van der Waals surface area contributed by atoms with Gasteiger partial charge in [0, 0.05) is 6.04 Å². The number of nitrogens with one attached hydrogen (secondary N) is 1. The number of rotatable bonds is 4. The fourth-order valence-electron chi connectivity index (χ4n) is 2.11. The topological polar surface area (TPSA) is 46.9 Å². The summed E-state index contributed by atoms with van der Waals surface area (Å²) in [6, 6.07) is 5.60. The van der Waals surface area contributed by atoms with Gasteiger partial charge in [-0.05, 0) is 32.9 Å². The number of alkyl halides is 1. The largest absolute Gasteiger partial charge is 0.352 e. The van der Waals surface area contributed by atoms with E-state index in [1.165, 1.54) is 0 Å². The third kappa shape index (κ3) is 3.07. The Kier molecular flexibility index (Phi) is 4.55. The van der Waals surface area contributed by atoms with Crippen molar-refractivity contribution in [3.63, 3.8) is 0 Å². The number of hydrogen-bond donors (Lipinski definition) is 1. The molecule has 0 aliphatic rings. The molecule has 6 heteroatoms. The van der Waals surface area contributed by atoms with Gasteiger partial charge in [0.1, 0.15) is 17.9 Å². The number of halogens is 2. The number of carbonyl (C=O) groups is 1. The standard InChI is InChI=1S/C14H17Cl2N3O/c1-8(2)17-12(20)7-19-11-6-4-5-10(16)13(11)18-14(19)9(3)15/h4-6,8-9H,7H2,1-3H3,(H,17,20). The summed E-state index contributed by atoms with van der Waals surface area (Å²) in [5.41, 5.74) is 1.49. The second-order valence-electron chi connectivity index (χ2n) is 5.00. The monoisotopic (exact) mass is 313 g/mol. The van der Waals surface area contributed by atoms with Crippen LogP contribution >= 0.6 is 23.2 Å². The molecule has 1 amide bonds. The van der Waals surface area contributed by atoms with E-state index >= 15 is 0 Å². The normalized spacial score (nSPS) is 12.9. The molecule has 1 heterocycles. The van der Waals surface area contributed by atoms with E-state index in [1.807, 2.05) is 37.5 Å². The highest BCUT2D eigenvalue weighted by atomic mass is 35.5. The summed E-state index contributed by atoms with van der Waals surface area (Å²) in [7, 11) is 0. The minimum absolute atomic E-state index is 0.0714. The van der Waals surface area contributed by atoms with E-state index in [9.17, 15) is 4.79 Å². The Morgan fingerprint density at radius 2 is 2.10 bits per heavy atom. The molecule has 0 radical (unpaired) electrons. The van der Waals surface area contributed by atoms with Crippen molar-refractivity contribution in [3.05, 3.63) is 29.0 Å². The summed E-state index contributed by atoms with van der Waals surface area (Å²) < 4.78 is 1.82. The van der Waals surface area contributed by atoms with Crippen LogP contribution in [-0.2, 0) is 11.3 Å². The molecule has 0 aliphatic carbocycles. The summed E-state index contributed by atoms with van der Waals surface area (Å²) in [6.07, 6.45) is 0. The van der Waals surface area contributed by atoms with Crippen LogP contribution in [0.2, 0.25) is 5.02 Å². The summed E-state index contributed by atoms with van der Waals surface area (Å²) >= 11 is 12.3. The average molecular weight is 314 g/mol. The molecule has 1 aromatic heterocycles. The van der Waals surface area contributed by atoms with Gasteiger partial charge in [-0.1, -0.05) is 17.7 Å². The number of nitrogens with zero attached hydrogens (tertiary/aromatic N) is 2. The molecule has 1 aromatic carbocycles. The number of aromatic nitrogens is 2. The van der Waals surface area contributed by atoms with Crippen LogP contribution in [0.5, 0.6) is 0 Å². The number of para-hydroxylation sites is 1. The van der Waals surface area contributed by atoms with Crippen molar-refractivity contribution in [1.82, 2.24) is 14.9 Å². The van der Waals surface area contributed by atoms with Crippen LogP contribution in [0.25, 0.3) is 11.0 Å². The number of benzene rings is 1. The minimum Gasteiger partial charge on any atom is -0.352 e. The lowest BCUT2D eigenvalue weighted by Crippen LogP contribution is -2.33. The molecule has 0 saturated carbocycles. The van der Waals surface area contributed by atoms with E-state index < -0.39 is 0 Å². The fourth-order valence-corrected chi connectivity index (χ4v) is 2.49. The van der Waals surface area contributed by atoms with Gasteiger partial charge in [0.2, 0.25) is 5.91 Å². The van der Waals surface area contributed by atoms with E-state index in [1.54, 1.807) is 6.07 Å². The average Bonchev–Trinajstić information content (AvgIpc) is 2.69. The van der Waals surface area contributed by atoms with Gasteiger partial charge in [0.25, 0.3) is 0 Å². The Balaban J connectivity index is 2.47. The summed E-state index contributed by atoms with van der Waals surface area (Å²) in [5.74, 6) is 0.575. The third-order valence-corrected chi connectivity index (χ3v) is 3.37. The van der Waals surface area contributed by atoms with Crippen LogP contribution < -0.4 is 5.32 Å². The molecule has 0 bridgehead atoms. The maximum atomic E-state index is 12.0. The van der Waals surface area contributed by atoms with Gasteiger partial charge in [-0.2, -0.15) is 0 Å². The minimum atomic E-state index is -0.301. The Labute approximate surface area is 128 Å². The molecule has 2 rings (SSSR count). The van der Waals surface area contributed by atoms with Crippen LogP contribution in [0.3, 0.4) is 0 Å². The molecule has 1 atom stereocenters. The van der Waals surface area contributed by atoms with Gasteiger partial charge >= 0.3 is 0 Å². The van der Waals surface area contributed by atoms with Crippen molar-refractivity contribution in [2.75, 3.05) is 0 Å². The number of carbonyl (C=O) groups excluding carboxylic acids is 1. The maximum Gasteiger partial charge on any atom is 0.240 e. The molecule has 1 N–H and O–H groups in total. The second kappa shape index (κ2) is 6.02. The molecule has 0 saturated heterocycles. The van der Waals surface area contributed by atoms with Gasteiger partial charge in [-0.25, -0.2) is 4.98 Å². The van der Waals surface area contributed by atoms with Crippen molar-refractivity contribution < 1.29 is 4.79 Å². The second-order valence-corrected chi connectivity index (χ2v) is 6.06. The molecule has 1 unspecified atom stereocenters. The van der Waals surface area contributed by atoms with Gasteiger partial charge < -0.3 is 9.88 Å². The van der Waals surface area contributed by atoms with E-state index in [-0.39, 0.29) is 23.9 Å². The highest BCUT2D eigenvalue weighted by molar-refractivity contribution is 6.35. The van der Waals surface area contributed by atoms with Gasteiger partial charge in [0.15, 0.2) is 0 Å². The first-order valence-corrected chi connectivity index (χ1v) is 7.29. The molecule has 0 fully saturated rings. The van der Waals surface area contributed by atoms with Crippen LogP contribution in [0, 0.1) is 0 Å². The first-order chi connectivity index (χ1) is 9.40. The van der Waals surface area contributed by atoms with Gasteiger partial charge in [0.05, 0.1) is 15.9 Å². The van der Waals surface area contributed by atoms with Crippen molar-refractivity contribution >= 4 is 40.1 Å². The molecule has 0 spiro atoms. The summed E-state index contributed by atoms with van der Waals surface area (Å²) in [6.45, 7) is 5.85. The van der Waals surface area contributed by atoms with Gasteiger partial charge in [-0.15, -0.1) is 11.6 Å². The Bertz CT molecular complexity index is 635. The maximum absolute atomic E-state index is 12.0. The first kappa shape index (κ1) is 15.1. The molecule has 0 aliphatic heterocycles. The summed E-state index contributed by atoms with van der Waals surface area (Å²) in [4.78, 5) is 16.5. The zero-order valence-corrected chi connectivity index (χ0v) is 13.2. The highest BCUT2D eigenvalue weighted by Crippen LogP contribution is 2.28. The van der Waals surface area contributed by atoms with Crippen LogP contribution in [-0.4, -0.2) is 21.5 Å². The zero-order chi connectivity index (χ0) is 14.9. The SMILES string of the molecule is CC(C)NC(=O)Cn1c(C(C)Cl)nc2c(Cl)cccc21. The van der Waals surface area contributed by atoms with Crippen LogP contribution in [0.15, 0.2) is 18.2 Å². The number of imidazole rings is 1. The number of hydrogen-bond acceptors (Lipinski definition) is 2. The molecule has 20 heavy (non-hydrogen) atoms. The van der Waals surface area contributed by atoms with Crippen LogP contribution in [0.1, 0.15) is 32.0 Å². The van der Waals surface area contributed by atoms with Crippen molar-refractivity contribution in [2.24, 2.45) is 0 Å². The molecule has 108 valence electrons. The van der Waals surface area contributed by atoms with Gasteiger partial charge in [-0.3, -0.25) is 4.79 Å². The van der Waals surface area contributed by atoms with Crippen LogP contribution in [0.4, 0.5) is 0 Å². The number of amides is 1. The smallest absolute Gasteiger partial charge is 0.240 e. The molecular formula is C14H17Cl2N3O. The highest BCUT2D eigenvalue weighted by Gasteiger charge is 2.18. The van der Waals surface area contributed by atoms with Crippen molar-refractivity contribution in [2.45, 2.75) is 38.7 Å². The lowest BCUT2D eigenvalue weighted by Gasteiger charge is -2.12. The van der Waals surface area contributed by atoms with Crippen molar-refractivity contribution in [1.29, 1.82) is 0 Å². The fraction of sp³-hybridized carbons (Fsp3) is 0.429. The molecule has 4 nitrogen and oxygen atoms in total. The predicted molar refractivity (Wildman–Crippen MR) is 82.3 cm³/mol. The molecular weight excluding hydrogens is 297 g/mol. The van der Waals surface area contributed by atoms with E-state index in [2.05, 4.69) is 10.3 Å².